The smallest absolute Gasteiger partial charge is 0.387 e. The first-order valence-corrected chi connectivity index (χ1v) is 11.6. The van der Waals surface area contributed by atoms with Crippen molar-refractivity contribution in [2.45, 2.75) is 38.4 Å². The van der Waals surface area contributed by atoms with Gasteiger partial charge in [-0.2, -0.15) is 27.3 Å². The minimum Gasteiger partial charge on any atom is -0.435 e. The van der Waals surface area contributed by atoms with Crippen LogP contribution in [0.15, 0.2) is 54.6 Å². The highest BCUT2D eigenvalue weighted by atomic mass is 35.5. The van der Waals surface area contributed by atoms with Gasteiger partial charge < -0.3 is 9.47 Å². The lowest BCUT2D eigenvalue weighted by Crippen LogP contribution is -2.09. The van der Waals surface area contributed by atoms with Gasteiger partial charge in [0.25, 0.3) is 12.4 Å². The Kier molecular flexibility index (Phi) is 7.15. The molecule has 0 radical (unpaired) electrons. The maximum absolute atomic E-state index is 13.7. The molecule has 0 amide bonds. The molecule has 2 heterocycles. The van der Waals surface area contributed by atoms with Crippen LogP contribution < -0.4 is 9.47 Å². The summed E-state index contributed by atoms with van der Waals surface area (Å²) in [6.45, 7) is -6.03. The lowest BCUT2D eigenvalue weighted by molar-refractivity contribution is -0.0505. The number of ether oxygens (including phenoxy) is 2. The van der Waals surface area contributed by atoms with E-state index in [9.17, 15) is 26.3 Å². The van der Waals surface area contributed by atoms with Crippen molar-refractivity contribution >= 4 is 11.6 Å². The van der Waals surface area contributed by atoms with Crippen LogP contribution in [0.5, 0.6) is 11.5 Å². The van der Waals surface area contributed by atoms with Crippen LogP contribution in [0, 0.1) is 0 Å². The quantitative estimate of drug-likeness (QED) is 0.199. The summed E-state index contributed by atoms with van der Waals surface area (Å²) < 4.78 is 87.6. The Morgan fingerprint density at radius 1 is 0.789 bits per heavy atom. The molecule has 0 saturated heterocycles. The van der Waals surface area contributed by atoms with Gasteiger partial charge in [-0.25, -0.2) is 18.7 Å². The van der Waals surface area contributed by atoms with Crippen LogP contribution in [0.3, 0.4) is 0 Å². The van der Waals surface area contributed by atoms with Crippen LogP contribution in [-0.2, 0) is 0 Å². The third-order valence-electron chi connectivity index (χ3n) is 5.70. The van der Waals surface area contributed by atoms with Crippen molar-refractivity contribution < 1.29 is 35.8 Å². The number of halogens is 7. The molecule has 198 valence electrons. The highest BCUT2D eigenvalue weighted by molar-refractivity contribution is 6.35. The average molecular weight is 555 g/mol. The van der Waals surface area contributed by atoms with Gasteiger partial charge in [0.2, 0.25) is 0 Å². The molecule has 4 aromatic rings. The molecule has 0 N–H and O–H groups in total. The van der Waals surface area contributed by atoms with Gasteiger partial charge in [-0.1, -0.05) is 11.6 Å². The normalized spacial score (nSPS) is 13.5. The Bertz CT molecular complexity index is 1410. The van der Waals surface area contributed by atoms with E-state index in [1.165, 1.54) is 59.3 Å². The van der Waals surface area contributed by atoms with Crippen LogP contribution in [-0.4, -0.2) is 33.0 Å². The van der Waals surface area contributed by atoms with Crippen molar-refractivity contribution in [3.8, 4) is 40.0 Å². The highest BCUT2D eigenvalue weighted by Gasteiger charge is 2.29. The highest BCUT2D eigenvalue weighted by Crippen LogP contribution is 2.42. The monoisotopic (exact) mass is 554 g/mol. The molecule has 1 aliphatic rings. The molecule has 2 aromatic carbocycles. The maximum atomic E-state index is 13.7. The van der Waals surface area contributed by atoms with Gasteiger partial charge in [-0.3, -0.25) is 0 Å². The zero-order valence-electron chi connectivity index (χ0n) is 19.2. The predicted octanol–water partition coefficient (Wildman–Crippen LogP) is 7.67. The average Bonchev–Trinajstić information content (AvgIpc) is 3.67. The van der Waals surface area contributed by atoms with Crippen LogP contribution in [0.4, 0.5) is 26.3 Å². The summed E-state index contributed by atoms with van der Waals surface area (Å²) in [5.41, 5.74) is 1.13. The van der Waals surface area contributed by atoms with E-state index in [1.54, 1.807) is 0 Å². The van der Waals surface area contributed by atoms with Gasteiger partial charge in [0, 0.05) is 22.7 Å². The molecule has 0 atom stereocenters. The van der Waals surface area contributed by atoms with Crippen LogP contribution in [0.2, 0.25) is 5.02 Å². The lowest BCUT2D eigenvalue weighted by Gasteiger charge is -2.11. The Balaban J connectivity index is 1.65. The van der Waals surface area contributed by atoms with E-state index in [-0.39, 0.29) is 39.8 Å². The molecule has 2 aromatic heterocycles. The minimum absolute atomic E-state index is 0.0244. The number of alkyl halides is 6. The first-order chi connectivity index (χ1) is 18.2. The van der Waals surface area contributed by atoms with E-state index >= 15 is 0 Å². The zero-order chi connectivity index (χ0) is 27.0. The second kappa shape index (κ2) is 10.5. The molecule has 38 heavy (non-hydrogen) atoms. The van der Waals surface area contributed by atoms with Gasteiger partial charge in [0.15, 0.2) is 0 Å². The molecule has 5 rings (SSSR count). The lowest BCUT2D eigenvalue weighted by atomic mass is 10.1. The second-order valence-corrected chi connectivity index (χ2v) is 8.70. The maximum Gasteiger partial charge on any atom is 0.387 e. The Hall–Kier alpha value is -3.80. The number of benzene rings is 2. The molecule has 13 heteroatoms. The molecule has 1 fully saturated rings. The van der Waals surface area contributed by atoms with E-state index in [1.807, 2.05) is 0 Å². The topological polar surface area (TPSA) is 62.1 Å². The van der Waals surface area contributed by atoms with Crippen molar-refractivity contribution in [3.63, 3.8) is 0 Å². The summed E-state index contributed by atoms with van der Waals surface area (Å²) in [4.78, 5) is 8.46. The first kappa shape index (κ1) is 25.8. The molecule has 0 unspecified atom stereocenters. The largest absolute Gasteiger partial charge is 0.435 e. The Morgan fingerprint density at radius 3 is 1.84 bits per heavy atom. The zero-order valence-corrected chi connectivity index (χ0v) is 19.9. The SMILES string of the molecule is FC(F)Oc1ccc(-c2nn(-c3nc(C(F)F)cc(C4CC4)n3)c(-c3ccc(OC(F)F)cc3)c2Cl)cc1. The molecular weight excluding hydrogens is 538 g/mol. The van der Waals surface area contributed by atoms with Gasteiger partial charge in [0.05, 0.1) is 10.7 Å². The van der Waals surface area contributed by atoms with Crippen LogP contribution in [0.1, 0.15) is 36.6 Å². The van der Waals surface area contributed by atoms with E-state index in [2.05, 4.69) is 24.5 Å². The van der Waals surface area contributed by atoms with E-state index in [0.717, 1.165) is 12.8 Å². The fraction of sp³-hybridized carbons (Fsp3) is 0.240. The standard InChI is InChI=1S/C25H17ClF6N4O2/c26-19-20(13-3-7-15(8-4-13)37-23(29)30)35-36(21(19)14-5-9-16(10-6-14)38-24(31)32)25-33-17(12-1-2-12)11-18(34-25)22(27)28/h3-12,22-24H,1-2H2. The molecular formula is C25H17ClF6N4O2. The van der Waals surface area contributed by atoms with E-state index in [0.29, 0.717) is 16.8 Å². The van der Waals surface area contributed by atoms with Gasteiger partial charge >= 0.3 is 13.2 Å². The minimum atomic E-state index is -3.02. The molecule has 0 bridgehead atoms. The summed E-state index contributed by atoms with van der Waals surface area (Å²) >= 11 is 6.72. The summed E-state index contributed by atoms with van der Waals surface area (Å²) in [6.07, 6.45) is -1.26. The number of rotatable bonds is 9. The number of nitrogens with zero attached hydrogens (tertiary/aromatic N) is 4. The Labute approximate surface area is 216 Å². The van der Waals surface area contributed by atoms with E-state index in [4.69, 9.17) is 11.6 Å². The van der Waals surface area contributed by atoms with Gasteiger partial charge in [0.1, 0.15) is 22.9 Å². The second-order valence-electron chi connectivity index (χ2n) is 8.32. The third-order valence-corrected chi connectivity index (χ3v) is 6.05. The van der Waals surface area contributed by atoms with Crippen molar-refractivity contribution in [1.29, 1.82) is 0 Å². The van der Waals surface area contributed by atoms with E-state index < -0.39 is 25.3 Å². The fourth-order valence-electron chi connectivity index (χ4n) is 3.83. The van der Waals surface area contributed by atoms with Crippen molar-refractivity contribution in [3.05, 3.63) is 71.0 Å². The fourth-order valence-corrected chi connectivity index (χ4v) is 4.17. The summed E-state index contributed by atoms with van der Waals surface area (Å²) in [6, 6.07) is 12.2. The number of hydrogen-bond donors (Lipinski definition) is 0. The number of hydrogen-bond acceptors (Lipinski definition) is 5. The van der Waals surface area contributed by atoms with Crippen molar-refractivity contribution in [1.82, 2.24) is 19.7 Å². The Morgan fingerprint density at radius 2 is 1.34 bits per heavy atom. The van der Waals surface area contributed by atoms with Gasteiger partial charge in [-0.15, -0.1) is 0 Å². The predicted molar refractivity (Wildman–Crippen MR) is 125 cm³/mol. The summed E-state index contributed by atoms with van der Waals surface area (Å²) in [5.74, 6) is -0.321. The van der Waals surface area contributed by atoms with Crippen LogP contribution in [0.25, 0.3) is 28.5 Å². The van der Waals surface area contributed by atoms with Gasteiger partial charge in [-0.05, 0) is 67.4 Å². The molecule has 0 spiro atoms. The third kappa shape index (κ3) is 5.54. The first-order valence-electron chi connectivity index (χ1n) is 11.3. The van der Waals surface area contributed by atoms with Crippen molar-refractivity contribution in [2.75, 3.05) is 0 Å². The number of aromatic nitrogens is 4. The molecule has 1 saturated carbocycles. The molecule has 6 nitrogen and oxygen atoms in total. The molecule has 1 aliphatic carbocycles. The van der Waals surface area contributed by atoms with Crippen LogP contribution >= 0.6 is 11.6 Å². The van der Waals surface area contributed by atoms with Crippen molar-refractivity contribution in [2.24, 2.45) is 0 Å². The summed E-state index contributed by atoms with van der Waals surface area (Å²) in [7, 11) is 0. The summed E-state index contributed by atoms with van der Waals surface area (Å²) in [5, 5.41) is 4.55. The molecule has 0 aliphatic heterocycles.